The predicted molar refractivity (Wildman–Crippen MR) is 79.6 cm³/mol. The van der Waals surface area contributed by atoms with Crippen molar-refractivity contribution in [3.05, 3.63) is 16.1 Å². The van der Waals surface area contributed by atoms with Gasteiger partial charge in [0, 0.05) is 18.5 Å². The van der Waals surface area contributed by atoms with E-state index in [0.717, 1.165) is 10.7 Å². The molecular weight excluding hydrogens is 276 g/mol. The second-order valence-corrected chi connectivity index (χ2v) is 6.24. The van der Waals surface area contributed by atoms with Gasteiger partial charge in [-0.1, -0.05) is 13.8 Å². The maximum absolute atomic E-state index is 11.7. The van der Waals surface area contributed by atoms with Crippen molar-refractivity contribution >= 4 is 23.3 Å². The Kier molecular flexibility index (Phi) is 6.60. The van der Waals surface area contributed by atoms with Crippen molar-refractivity contribution in [1.29, 1.82) is 0 Å². The molecule has 0 bridgehead atoms. The molecule has 0 fully saturated rings. The van der Waals surface area contributed by atoms with Gasteiger partial charge in [-0.05, 0) is 19.9 Å². The van der Waals surface area contributed by atoms with E-state index in [1.807, 2.05) is 38.1 Å². The molecule has 0 radical (unpaired) electrons. The lowest BCUT2D eigenvalue weighted by molar-refractivity contribution is -0.121. The Labute approximate surface area is 123 Å². The topological polar surface area (TPSA) is 74.3 Å². The van der Waals surface area contributed by atoms with Crippen molar-refractivity contribution in [3.8, 4) is 0 Å². The Morgan fingerprint density at radius 2 is 2.15 bits per heavy atom. The van der Waals surface area contributed by atoms with E-state index in [1.165, 1.54) is 0 Å². The van der Waals surface area contributed by atoms with Gasteiger partial charge in [-0.3, -0.25) is 15.0 Å². The number of nitrogens with one attached hydrogen (secondary N) is 2. The molecule has 0 saturated heterocycles. The third-order valence-corrected chi connectivity index (χ3v) is 3.26. The minimum absolute atomic E-state index is 0.158. The number of urea groups is 1. The SMILES string of the molecule is Cc1nc(CN(C)CC(=O)NC(=O)NCC(C)C)cs1. The molecule has 0 spiro atoms. The fourth-order valence-electron chi connectivity index (χ4n) is 1.57. The Hall–Kier alpha value is -1.47. The second kappa shape index (κ2) is 7.96. The van der Waals surface area contributed by atoms with Crippen LogP contribution >= 0.6 is 11.3 Å². The van der Waals surface area contributed by atoms with Crippen LogP contribution in [0.4, 0.5) is 4.79 Å². The van der Waals surface area contributed by atoms with Crippen molar-refractivity contribution in [2.45, 2.75) is 27.3 Å². The third kappa shape index (κ3) is 6.63. The first-order chi connectivity index (χ1) is 9.36. The molecule has 0 unspecified atom stereocenters. The molecule has 112 valence electrons. The van der Waals surface area contributed by atoms with Crippen LogP contribution in [-0.2, 0) is 11.3 Å². The van der Waals surface area contributed by atoms with Crippen LogP contribution in [0.5, 0.6) is 0 Å². The molecule has 1 heterocycles. The summed E-state index contributed by atoms with van der Waals surface area (Å²) in [7, 11) is 1.82. The molecule has 20 heavy (non-hydrogen) atoms. The summed E-state index contributed by atoms with van der Waals surface area (Å²) in [6, 6.07) is -0.443. The number of nitrogens with zero attached hydrogens (tertiary/aromatic N) is 2. The van der Waals surface area contributed by atoms with Gasteiger partial charge in [0.1, 0.15) is 0 Å². The lowest BCUT2D eigenvalue weighted by Gasteiger charge is -2.15. The van der Waals surface area contributed by atoms with Crippen LogP contribution < -0.4 is 10.6 Å². The van der Waals surface area contributed by atoms with Crippen LogP contribution in [0.25, 0.3) is 0 Å². The van der Waals surface area contributed by atoms with E-state index >= 15 is 0 Å². The van der Waals surface area contributed by atoms with E-state index in [2.05, 4.69) is 15.6 Å². The Morgan fingerprint density at radius 1 is 1.45 bits per heavy atom. The quantitative estimate of drug-likeness (QED) is 0.832. The highest BCUT2D eigenvalue weighted by molar-refractivity contribution is 7.09. The first-order valence-corrected chi connectivity index (χ1v) is 7.42. The fraction of sp³-hybridized carbons (Fsp3) is 0.615. The molecule has 0 aliphatic heterocycles. The Bertz CT molecular complexity index is 459. The number of carbonyl (C=O) groups excluding carboxylic acids is 2. The van der Waals surface area contributed by atoms with Gasteiger partial charge >= 0.3 is 6.03 Å². The van der Waals surface area contributed by atoms with Crippen molar-refractivity contribution in [1.82, 2.24) is 20.5 Å². The van der Waals surface area contributed by atoms with E-state index in [1.54, 1.807) is 11.3 Å². The molecule has 0 saturated carbocycles. The van der Waals surface area contributed by atoms with Crippen molar-refractivity contribution in [2.24, 2.45) is 5.92 Å². The number of amides is 3. The second-order valence-electron chi connectivity index (χ2n) is 5.18. The highest BCUT2D eigenvalue weighted by atomic mass is 32.1. The molecule has 3 amide bonds. The van der Waals surface area contributed by atoms with E-state index < -0.39 is 6.03 Å². The Morgan fingerprint density at radius 3 is 2.70 bits per heavy atom. The molecule has 1 rings (SSSR count). The number of thiazole rings is 1. The van der Waals surface area contributed by atoms with Crippen molar-refractivity contribution in [3.63, 3.8) is 0 Å². The van der Waals surface area contributed by atoms with Gasteiger partial charge in [-0.2, -0.15) is 0 Å². The van der Waals surface area contributed by atoms with Crippen LogP contribution in [0.3, 0.4) is 0 Å². The molecule has 2 N–H and O–H groups in total. The minimum atomic E-state index is -0.443. The van der Waals surface area contributed by atoms with Crippen LogP contribution in [0.2, 0.25) is 0 Å². The minimum Gasteiger partial charge on any atom is -0.338 e. The van der Waals surface area contributed by atoms with Crippen molar-refractivity contribution in [2.75, 3.05) is 20.1 Å². The summed E-state index contributed by atoms with van der Waals surface area (Å²) in [5, 5.41) is 7.92. The number of carbonyl (C=O) groups is 2. The molecule has 7 heteroatoms. The molecular formula is C13H22N4O2S. The molecule has 0 atom stereocenters. The summed E-state index contributed by atoms with van der Waals surface area (Å²) in [6.07, 6.45) is 0. The van der Waals surface area contributed by atoms with Gasteiger partial charge in [0.15, 0.2) is 0 Å². The zero-order valence-corrected chi connectivity index (χ0v) is 13.2. The van der Waals surface area contributed by atoms with Crippen LogP contribution in [0.15, 0.2) is 5.38 Å². The average Bonchev–Trinajstić information content (AvgIpc) is 2.71. The van der Waals surface area contributed by atoms with E-state index in [-0.39, 0.29) is 12.5 Å². The number of imide groups is 1. The monoisotopic (exact) mass is 298 g/mol. The average molecular weight is 298 g/mol. The standard InChI is InChI=1S/C13H22N4O2S/c1-9(2)5-14-13(19)16-12(18)7-17(4)6-11-8-20-10(3)15-11/h8-9H,5-7H2,1-4H3,(H2,14,16,18,19). The van der Waals surface area contributed by atoms with E-state index in [9.17, 15) is 9.59 Å². The van der Waals surface area contributed by atoms with Gasteiger partial charge in [-0.25, -0.2) is 9.78 Å². The number of likely N-dealkylation sites (N-methyl/N-ethyl adjacent to an activating group) is 1. The molecule has 1 aromatic rings. The van der Waals surface area contributed by atoms with Crippen LogP contribution in [0.1, 0.15) is 24.5 Å². The molecule has 1 aromatic heterocycles. The summed E-state index contributed by atoms with van der Waals surface area (Å²) in [5.74, 6) is 0.0344. The largest absolute Gasteiger partial charge is 0.338 e. The number of aromatic nitrogens is 1. The van der Waals surface area contributed by atoms with E-state index in [0.29, 0.717) is 19.0 Å². The maximum Gasteiger partial charge on any atom is 0.321 e. The number of hydrogen-bond acceptors (Lipinski definition) is 5. The summed E-state index contributed by atoms with van der Waals surface area (Å²) >= 11 is 1.58. The molecule has 6 nitrogen and oxygen atoms in total. The summed E-state index contributed by atoms with van der Waals surface area (Å²) in [4.78, 5) is 29.3. The third-order valence-electron chi connectivity index (χ3n) is 2.44. The number of rotatable bonds is 6. The normalized spacial score (nSPS) is 10.9. The summed E-state index contributed by atoms with van der Waals surface area (Å²) in [5.41, 5.74) is 0.937. The molecule has 0 aliphatic carbocycles. The summed E-state index contributed by atoms with van der Waals surface area (Å²) < 4.78 is 0. The van der Waals surface area contributed by atoms with Crippen molar-refractivity contribution < 1.29 is 9.59 Å². The highest BCUT2D eigenvalue weighted by Gasteiger charge is 2.11. The maximum atomic E-state index is 11.7. The van der Waals surface area contributed by atoms with Crippen LogP contribution in [0, 0.1) is 12.8 Å². The number of hydrogen-bond donors (Lipinski definition) is 2. The number of aryl methyl sites for hydroxylation is 1. The van der Waals surface area contributed by atoms with Gasteiger partial charge in [0.05, 0.1) is 17.2 Å². The molecule has 0 aromatic carbocycles. The van der Waals surface area contributed by atoms with Gasteiger partial charge < -0.3 is 5.32 Å². The highest BCUT2D eigenvalue weighted by Crippen LogP contribution is 2.09. The van der Waals surface area contributed by atoms with Gasteiger partial charge in [0.2, 0.25) is 5.91 Å². The Balaban J connectivity index is 2.29. The molecule has 0 aliphatic rings. The van der Waals surface area contributed by atoms with Gasteiger partial charge in [0.25, 0.3) is 0 Å². The lowest BCUT2D eigenvalue weighted by Crippen LogP contribution is -2.44. The van der Waals surface area contributed by atoms with E-state index in [4.69, 9.17) is 0 Å². The first kappa shape index (κ1) is 16.6. The zero-order valence-electron chi connectivity index (χ0n) is 12.4. The van der Waals surface area contributed by atoms with Crippen LogP contribution in [-0.4, -0.2) is 42.0 Å². The zero-order chi connectivity index (χ0) is 15.1. The summed E-state index contributed by atoms with van der Waals surface area (Å²) in [6.45, 7) is 7.22. The predicted octanol–water partition coefficient (Wildman–Crippen LogP) is 1.37. The van der Waals surface area contributed by atoms with Gasteiger partial charge in [-0.15, -0.1) is 11.3 Å². The first-order valence-electron chi connectivity index (χ1n) is 6.54. The fourth-order valence-corrected chi connectivity index (χ4v) is 2.17. The smallest absolute Gasteiger partial charge is 0.321 e. The lowest BCUT2D eigenvalue weighted by atomic mass is 10.2.